The standard InChI is InChI=1S/C10H8ClN3O4/c11-9-7(1-2-18-9)10(17)13-6-3-12-14(4-6)5-8(15)16/h1-4H,5H2,(H,13,17)(H,15,16). The predicted molar refractivity (Wildman–Crippen MR) is 61.5 cm³/mol. The number of nitrogens with one attached hydrogen (secondary N) is 1. The molecule has 1 amide bonds. The fourth-order valence-electron chi connectivity index (χ4n) is 1.31. The summed E-state index contributed by atoms with van der Waals surface area (Å²) in [5.74, 6) is -1.47. The molecule has 0 atom stereocenters. The van der Waals surface area contributed by atoms with Crippen LogP contribution in [0.3, 0.4) is 0 Å². The van der Waals surface area contributed by atoms with Crippen LogP contribution < -0.4 is 5.32 Å². The van der Waals surface area contributed by atoms with E-state index in [1.165, 1.54) is 29.4 Å². The molecule has 0 fully saturated rings. The first-order chi connectivity index (χ1) is 8.56. The van der Waals surface area contributed by atoms with E-state index in [4.69, 9.17) is 21.1 Å². The molecule has 0 aliphatic carbocycles. The van der Waals surface area contributed by atoms with E-state index in [0.717, 1.165) is 0 Å². The molecule has 0 bridgehead atoms. The maximum absolute atomic E-state index is 11.7. The second-order valence-corrected chi connectivity index (χ2v) is 3.73. The fraction of sp³-hybridized carbons (Fsp3) is 0.100. The first kappa shape index (κ1) is 12.2. The highest BCUT2D eigenvalue weighted by atomic mass is 35.5. The normalized spacial score (nSPS) is 10.3. The van der Waals surface area contributed by atoms with Crippen LogP contribution in [0.25, 0.3) is 0 Å². The van der Waals surface area contributed by atoms with Gasteiger partial charge in [0.15, 0.2) is 0 Å². The SMILES string of the molecule is O=C(O)Cn1cc(NC(=O)c2ccoc2Cl)cn1. The Balaban J connectivity index is 2.06. The van der Waals surface area contributed by atoms with Gasteiger partial charge in [-0.05, 0) is 17.7 Å². The molecule has 0 aliphatic heterocycles. The van der Waals surface area contributed by atoms with E-state index < -0.39 is 11.9 Å². The molecule has 2 N–H and O–H groups in total. The first-order valence-electron chi connectivity index (χ1n) is 4.85. The van der Waals surface area contributed by atoms with Crippen molar-refractivity contribution in [1.29, 1.82) is 0 Å². The Hall–Kier alpha value is -2.28. The highest BCUT2D eigenvalue weighted by molar-refractivity contribution is 6.32. The van der Waals surface area contributed by atoms with E-state index in [0.29, 0.717) is 5.69 Å². The minimum atomic E-state index is -1.02. The molecule has 0 unspecified atom stereocenters. The Bertz CT molecular complexity index is 589. The Kier molecular flexibility index (Phi) is 3.33. The van der Waals surface area contributed by atoms with E-state index in [1.54, 1.807) is 0 Å². The molecule has 0 spiro atoms. The zero-order valence-corrected chi connectivity index (χ0v) is 9.72. The molecule has 2 aromatic rings. The van der Waals surface area contributed by atoms with Gasteiger partial charge in [-0.25, -0.2) is 0 Å². The van der Waals surface area contributed by atoms with Crippen LogP contribution in [0.1, 0.15) is 10.4 Å². The zero-order chi connectivity index (χ0) is 13.1. The molecule has 2 aromatic heterocycles. The van der Waals surface area contributed by atoms with Gasteiger partial charge in [0, 0.05) is 6.20 Å². The van der Waals surface area contributed by atoms with Crippen molar-refractivity contribution < 1.29 is 19.1 Å². The number of amides is 1. The lowest BCUT2D eigenvalue weighted by Gasteiger charge is -1.99. The molecular formula is C10H8ClN3O4. The molecule has 94 valence electrons. The topological polar surface area (TPSA) is 97.4 Å². The average Bonchev–Trinajstić information content (AvgIpc) is 2.87. The Labute approximate surface area is 106 Å². The predicted octanol–water partition coefficient (Wildman–Crippen LogP) is 1.47. The Morgan fingerprint density at radius 3 is 2.94 bits per heavy atom. The van der Waals surface area contributed by atoms with Gasteiger partial charge in [0.1, 0.15) is 6.54 Å². The third-order valence-electron chi connectivity index (χ3n) is 2.05. The lowest BCUT2D eigenvalue weighted by molar-refractivity contribution is -0.137. The van der Waals surface area contributed by atoms with Gasteiger partial charge in [-0.15, -0.1) is 0 Å². The summed E-state index contributed by atoms with van der Waals surface area (Å²) in [6, 6.07) is 1.43. The summed E-state index contributed by atoms with van der Waals surface area (Å²) in [7, 11) is 0. The molecule has 2 rings (SSSR count). The van der Waals surface area contributed by atoms with Gasteiger partial charge in [-0.2, -0.15) is 5.10 Å². The van der Waals surface area contributed by atoms with E-state index in [1.807, 2.05) is 0 Å². The molecule has 0 saturated heterocycles. The van der Waals surface area contributed by atoms with Gasteiger partial charge in [0.05, 0.1) is 23.7 Å². The average molecular weight is 270 g/mol. The van der Waals surface area contributed by atoms with Crippen LogP contribution in [0.5, 0.6) is 0 Å². The van der Waals surface area contributed by atoms with E-state index >= 15 is 0 Å². The van der Waals surface area contributed by atoms with Gasteiger partial charge < -0.3 is 14.8 Å². The molecule has 0 aromatic carbocycles. The summed E-state index contributed by atoms with van der Waals surface area (Å²) >= 11 is 5.65. The Morgan fingerprint density at radius 1 is 1.56 bits per heavy atom. The number of carbonyl (C=O) groups is 2. The van der Waals surface area contributed by atoms with Crippen LogP contribution in [0.4, 0.5) is 5.69 Å². The lowest BCUT2D eigenvalue weighted by atomic mass is 10.3. The largest absolute Gasteiger partial charge is 0.480 e. The van der Waals surface area contributed by atoms with E-state index in [2.05, 4.69) is 10.4 Å². The molecule has 18 heavy (non-hydrogen) atoms. The highest BCUT2D eigenvalue weighted by Crippen LogP contribution is 2.18. The number of carboxylic acids is 1. The van der Waals surface area contributed by atoms with Crippen molar-refractivity contribution in [3.05, 3.63) is 35.5 Å². The molecular weight excluding hydrogens is 262 g/mol. The molecule has 8 heteroatoms. The van der Waals surface area contributed by atoms with Crippen LogP contribution in [-0.4, -0.2) is 26.8 Å². The number of carboxylic acid groups (broad SMARTS) is 1. The van der Waals surface area contributed by atoms with Crippen molar-refractivity contribution in [2.75, 3.05) is 5.32 Å². The quantitative estimate of drug-likeness (QED) is 0.876. The second-order valence-electron chi connectivity index (χ2n) is 3.38. The number of halogens is 1. The summed E-state index contributed by atoms with van der Waals surface area (Å²) in [6.45, 7) is -0.275. The Morgan fingerprint density at radius 2 is 2.33 bits per heavy atom. The minimum Gasteiger partial charge on any atom is -0.480 e. The summed E-state index contributed by atoms with van der Waals surface area (Å²) < 4.78 is 5.98. The van der Waals surface area contributed by atoms with Crippen molar-refractivity contribution in [3.63, 3.8) is 0 Å². The zero-order valence-electron chi connectivity index (χ0n) is 8.96. The van der Waals surface area contributed by atoms with Gasteiger partial charge in [-0.3, -0.25) is 14.3 Å². The van der Waals surface area contributed by atoms with Crippen molar-refractivity contribution in [2.24, 2.45) is 0 Å². The summed E-state index contributed by atoms with van der Waals surface area (Å²) in [4.78, 5) is 22.2. The second kappa shape index (κ2) is 4.92. The van der Waals surface area contributed by atoms with Gasteiger partial charge in [0.25, 0.3) is 5.91 Å². The highest BCUT2D eigenvalue weighted by Gasteiger charge is 2.14. The molecule has 7 nitrogen and oxygen atoms in total. The number of nitrogens with zero attached hydrogens (tertiary/aromatic N) is 2. The number of aromatic nitrogens is 2. The van der Waals surface area contributed by atoms with Crippen LogP contribution in [-0.2, 0) is 11.3 Å². The number of anilines is 1. The summed E-state index contributed by atoms with van der Waals surface area (Å²) in [6.07, 6.45) is 4.04. The maximum atomic E-state index is 11.7. The van der Waals surface area contributed by atoms with E-state index in [9.17, 15) is 9.59 Å². The third kappa shape index (κ3) is 2.69. The number of carbonyl (C=O) groups excluding carboxylic acids is 1. The molecule has 0 saturated carbocycles. The number of furan rings is 1. The van der Waals surface area contributed by atoms with Gasteiger partial charge in [0.2, 0.25) is 5.22 Å². The van der Waals surface area contributed by atoms with Crippen molar-refractivity contribution in [2.45, 2.75) is 6.54 Å². The van der Waals surface area contributed by atoms with Crippen LogP contribution in [0.2, 0.25) is 5.22 Å². The summed E-state index contributed by atoms with van der Waals surface area (Å²) in [5, 5.41) is 14.9. The van der Waals surface area contributed by atoms with Crippen molar-refractivity contribution in [3.8, 4) is 0 Å². The van der Waals surface area contributed by atoms with Crippen LogP contribution in [0, 0.1) is 0 Å². The van der Waals surface area contributed by atoms with Gasteiger partial charge >= 0.3 is 5.97 Å². The van der Waals surface area contributed by atoms with Crippen molar-refractivity contribution in [1.82, 2.24) is 9.78 Å². The minimum absolute atomic E-state index is 0.00886. The van der Waals surface area contributed by atoms with E-state index in [-0.39, 0.29) is 17.3 Å². The number of hydrogen-bond acceptors (Lipinski definition) is 4. The maximum Gasteiger partial charge on any atom is 0.325 e. The lowest BCUT2D eigenvalue weighted by Crippen LogP contribution is -2.11. The monoisotopic (exact) mass is 269 g/mol. The van der Waals surface area contributed by atoms with Crippen LogP contribution >= 0.6 is 11.6 Å². The summed E-state index contributed by atoms with van der Waals surface area (Å²) in [5.41, 5.74) is 0.571. The number of rotatable bonds is 4. The molecule has 0 aliphatic rings. The fourth-order valence-corrected chi connectivity index (χ4v) is 1.51. The van der Waals surface area contributed by atoms with Crippen molar-refractivity contribution >= 4 is 29.2 Å². The van der Waals surface area contributed by atoms with Gasteiger partial charge in [-0.1, -0.05) is 0 Å². The first-order valence-corrected chi connectivity index (χ1v) is 5.22. The molecule has 2 heterocycles. The molecule has 0 radical (unpaired) electrons. The smallest absolute Gasteiger partial charge is 0.325 e. The van der Waals surface area contributed by atoms with Crippen LogP contribution in [0.15, 0.2) is 29.1 Å². The number of hydrogen-bond donors (Lipinski definition) is 2. The third-order valence-corrected chi connectivity index (χ3v) is 2.34. The number of aliphatic carboxylic acids is 1.